The molecule has 0 atom stereocenters. The van der Waals surface area contributed by atoms with Gasteiger partial charge in [0.1, 0.15) is 11.5 Å². The van der Waals surface area contributed by atoms with E-state index >= 15 is 0 Å². The van der Waals surface area contributed by atoms with Crippen LogP contribution in [0.3, 0.4) is 0 Å². The summed E-state index contributed by atoms with van der Waals surface area (Å²) in [7, 11) is 1.59. The smallest absolute Gasteiger partial charge is 0.316 e. The van der Waals surface area contributed by atoms with Gasteiger partial charge in [-0.05, 0) is 36.4 Å². The fourth-order valence-electron chi connectivity index (χ4n) is 1.83. The minimum absolute atomic E-state index is 0.0997. The van der Waals surface area contributed by atoms with Gasteiger partial charge in [-0.1, -0.05) is 5.16 Å². The van der Waals surface area contributed by atoms with Crippen LogP contribution in [0.5, 0.6) is 5.75 Å². The standard InChI is InChI=1S/C15H13N3O4/c1-20-11-6-4-10(5-7-11)13-17-15(22-18-13)14(19)16-9-12-3-2-8-21-12/h2-8H,9H2,1H3,(H,16,19). The third-order valence-corrected chi connectivity index (χ3v) is 2.97. The number of nitrogens with zero attached hydrogens (tertiary/aromatic N) is 2. The number of amides is 1. The van der Waals surface area contributed by atoms with Crippen molar-refractivity contribution in [2.75, 3.05) is 7.11 Å². The van der Waals surface area contributed by atoms with Crippen LogP contribution in [0.25, 0.3) is 11.4 Å². The molecular weight excluding hydrogens is 286 g/mol. The number of rotatable bonds is 5. The molecule has 112 valence electrons. The van der Waals surface area contributed by atoms with E-state index in [0.29, 0.717) is 11.6 Å². The van der Waals surface area contributed by atoms with Crippen molar-refractivity contribution in [2.45, 2.75) is 6.54 Å². The Morgan fingerprint density at radius 2 is 2.09 bits per heavy atom. The van der Waals surface area contributed by atoms with Crippen molar-refractivity contribution in [3.63, 3.8) is 0 Å². The molecule has 3 rings (SSSR count). The number of benzene rings is 1. The summed E-state index contributed by atoms with van der Waals surface area (Å²) in [6.45, 7) is 0.256. The molecule has 0 bridgehead atoms. The highest BCUT2D eigenvalue weighted by molar-refractivity contribution is 5.89. The first-order chi connectivity index (χ1) is 10.8. The van der Waals surface area contributed by atoms with Crippen molar-refractivity contribution >= 4 is 5.91 Å². The number of aromatic nitrogens is 2. The maximum atomic E-state index is 11.9. The number of carbonyl (C=O) groups excluding carboxylic acids is 1. The molecular formula is C15H13N3O4. The van der Waals surface area contributed by atoms with Crippen LogP contribution in [0.2, 0.25) is 0 Å². The maximum Gasteiger partial charge on any atom is 0.316 e. The third-order valence-electron chi connectivity index (χ3n) is 2.97. The number of ether oxygens (including phenoxy) is 1. The van der Waals surface area contributed by atoms with Gasteiger partial charge in [0.05, 0.1) is 19.9 Å². The Kier molecular flexibility index (Phi) is 3.86. The molecule has 0 fully saturated rings. The molecule has 0 radical (unpaired) electrons. The zero-order valence-electron chi connectivity index (χ0n) is 11.8. The Morgan fingerprint density at radius 3 is 2.77 bits per heavy atom. The molecule has 7 nitrogen and oxygen atoms in total. The molecule has 0 unspecified atom stereocenters. The van der Waals surface area contributed by atoms with E-state index < -0.39 is 5.91 Å². The van der Waals surface area contributed by atoms with Gasteiger partial charge in [0, 0.05) is 5.56 Å². The molecule has 1 N–H and O–H groups in total. The Morgan fingerprint density at radius 1 is 1.27 bits per heavy atom. The van der Waals surface area contributed by atoms with Gasteiger partial charge in [0.25, 0.3) is 0 Å². The molecule has 0 saturated heterocycles. The van der Waals surface area contributed by atoms with Crippen LogP contribution >= 0.6 is 0 Å². The van der Waals surface area contributed by atoms with E-state index in [-0.39, 0.29) is 12.4 Å². The molecule has 0 aliphatic rings. The fourth-order valence-corrected chi connectivity index (χ4v) is 1.83. The molecule has 0 saturated carbocycles. The summed E-state index contributed by atoms with van der Waals surface area (Å²) in [6, 6.07) is 10.6. The van der Waals surface area contributed by atoms with Crippen LogP contribution in [0.15, 0.2) is 51.6 Å². The zero-order chi connectivity index (χ0) is 15.4. The molecule has 22 heavy (non-hydrogen) atoms. The summed E-state index contributed by atoms with van der Waals surface area (Å²) >= 11 is 0. The average molecular weight is 299 g/mol. The highest BCUT2D eigenvalue weighted by Gasteiger charge is 2.16. The molecule has 0 spiro atoms. The zero-order valence-corrected chi connectivity index (χ0v) is 11.8. The first-order valence-electron chi connectivity index (χ1n) is 6.55. The van der Waals surface area contributed by atoms with E-state index in [4.69, 9.17) is 13.7 Å². The molecule has 1 amide bonds. The minimum atomic E-state index is -0.455. The van der Waals surface area contributed by atoms with E-state index in [2.05, 4.69) is 15.5 Å². The van der Waals surface area contributed by atoms with E-state index in [1.807, 2.05) is 0 Å². The monoisotopic (exact) mass is 299 g/mol. The lowest BCUT2D eigenvalue weighted by atomic mass is 10.2. The summed E-state index contributed by atoms with van der Waals surface area (Å²) in [5, 5.41) is 6.43. The van der Waals surface area contributed by atoms with Crippen LogP contribution in [0, 0.1) is 0 Å². The third kappa shape index (κ3) is 2.98. The van der Waals surface area contributed by atoms with Gasteiger partial charge in [0.2, 0.25) is 5.82 Å². The largest absolute Gasteiger partial charge is 0.497 e. The lowest BCUT2D eigenvalue weighted by Gasteiger charge is -1.99. The molecule has 0 aliphatic heterocycles. The highest BCUT2D eigenvalue weighted by atomic mass is 16.5. The van der Waals surface area contributed by atoms with Crippen LogP contribution < -0.4 is 10.1 Å². The van der Waals surface area contributed by atoms with Gasteiger partial charge in [0.15, 0.2) is 0 Å². The van der Waals surface area contributed by atoms with Gasteiger partial charge in [-0.25, -0.2) is 0 Å². The number of furan rings is 1. The normalized spacial score (nSPS) is 10.4. The lowest BCUT2D eigenvalue weighted by Crippen LogP contribution is -2.22. The van der Waals surface area contributed by atoms with E-state index in [9.17, 15) is 4.79 Å². The van der Waals surface area contributed by atoms with Crippen LogP contribution in [0.4, 0.5) is 0 Å². The van der Waals surface area contributed by atoms with Gasteiger partial charge < -0.3 is 19.0 Å². The number of hydrogen-bond donors (Lipinski definition) is 1. The Balaban J connectivity index is 1.68. The van der Waals surface area contributed by atoms with Crippen molar-refractivity contribution in [3.8, 4) is 17.1 Å². The molecule has 3 aromatic rings. The van der Waals surface area contributed by atoms with Crippen molar-refractivity contribution < 1.29 is 18.5 Å². The van der Waals surface area contributed by atoms with Crippen LogP contribution in [0.1, 0.15) is 16.4 Å². The second-order valence-electron chi connectivity index (χ2n) is 4.41. The van der Waals surface area contributed by atoms with E-state index in [1.54, 1.807) is 43.5 Å². The topological polar surface area (TPSA) is 90.4 Å². The Labute approximate surface area is 125 Å². The van der Waals surface area contributed by atoms with Crippen molar-refractivity contribution in [2.24, 2.45) is 0 Å². The molecule has 7 heteroatoms. The number of carbonyl (C=O) groups is 1. The Bertz CT molecular complexity index is 747. The first kappa shape index (κ1) is 13.9. The average Bonchev–Trinajstić information content (AvgIpc) is 3.24. The van der Waals surface area contributed by atoms with Crippen LogP contribution in [-0.2, 0) is 6.54 Å². The number of methoxy groups -OCH3 is 1. The molecule has 2 aromatic heterocycles. The van der Waals surface area contributed by atoms with Crippen molar-refractivity contribution in [1.29, 1.82) is 0 Å². The summed E-state index contributed by atoms with van der Waals surface area (Å²) in [4.78, 5) is 16.0. The maximum absolute atomic E-state index is 11.9. The van der Waals surface area contributed by atoms with Crippen LogP contribution in [-0.4, -0.2) is 23.2 Å². The van der Waals surface area contributed by atoms with Gasteiger partial charge in [-0.2, -0.15) is 4.98 Å². The van der Waals surface area contributed by atoms with Gasteiger partial charge in [-0.15, -0.1) is 0 Å². The number of nitrogens with one attached hydrogen (secondary N) is 1. The second kappa shape index (κ2) is 6.13. The van der Waals surface area contributed by atoms with Crippen molar-refractivity contribution in [3.05, 3.63) is 54.3 Å². The summed E-state index contributed by atoms with van der Waals surface area (Å²) in [6.07, 6.45) is 1.54. The fraction of sp³-hybridized carbons (Fsp3) is 0.133. The SMILES string of the molecule is COc1ccc(-c2noc(C(=O)NCc3ccco3)n2)cc1. The minimum Gasteiger partial charge on any atom is -0.497 e. The molecule has 2 heterocycles. The predicted octanol–water partition coefficient (Wildman–Crippen LogP) is 2.27. The Hall–Kier alpha value is -3.09. The highest BCUT2D eigenvalue weighted by Crippen LogP contribution is 2.19. The second-order valence-corrected chi connectivity index (χ2v) is 4.41. The van der Waals surface area contributed by atoms with E-state index in [1.165, 1.54) is 6.26 Å². The summed E-state index contributed by atoms with van der Waals surface area (Å²) in [5.74, 6) is 1.15. The molecule has 1 aromatic carbocycles. The predicted molar refractivity (Wildman–Crippen MR) is 76.2 cm³/mol. The summed E-state index contributed by atoms with van der Waals surface area (Å²) < 4.78 is 15.2. The number of hydrogen-bond acceptors (Lipinski definition) is 6. The quantitative estimate of drug-likeness (QED) is 0.777. The van der Waals surface area contributed by atoms with Gasteiger partial charge >= 0.3 is 11.8 Å². The molecule has 0 aliphatic carbocycles. The van der Waals surface area contributed by atoms with Gasteiger partial charge in [-0.3, -0.25) is 4.79 Å². The van der Waals surface area contributed by atoms with E-state index in [0.717, 1.165) is 11.3 Å². The summed E-state index contributed by atoms with van der Waals surface area (Å²) in [5.41, 5.74) is 0.731. The lowest BCUT2D eigenvalue weighted by molar-refractivity contribution is 0.0904. The first-order valence-corrected chi connectivity index (χ1v) is 6.55. The van der Waals surface area contributed by atoms with Crippen molar-refractivity contribution in [1.82, 2.24) is 15.5 Å².